The van der Waals surface area contributed by atoms with Gasteiger partial charge in [-0.2, -0.15) is 0 Å². The third kappa shape index (κ3) is 1.65. The highest BCUT2D eigenvalue weighted by atomic mass is 16.5. The Morgan fingerprint density at radius 3 is 2.58 bits per heavy atom. The normalized spacial score (nSPS) is 12.5. The van der Waals surface area contributed by atoms with Crippen LogP contribution in [-0.4, -0.2) is 24.2 Å². The summed E-state index contributed by atoms with van der Waals surface area (Å²) in [7, 11) is 1.36. The zero-order valence-electron chi connectivity index (χ0n) is 6.93. The molecule has 1 aromatic heterocycles. The Balaban J connectivity index is 2.76. The summed E-state index contributed by atoms with van der Waals surface area (Å²) in [5.74, 6) is -0.311. The summed E-state index contributed by atoms with van der Waals surface area (Å²) in [6.45, 7) is 0.251. The van der Waals surface area contributed by atoms with Gasteiger partial charge in [0.15, 0.2) is 0 Å². The fraction of sp³-hybridized carbons (Fsp3) is 0.375. The molecule has 0 aliphatic heterocycles. The molecule has 1 aromatic rings. The van der Waals surface area contributed by atoms with Crippen LogP contribution in [0.25, 0.3) is 0 Å². The second kappa shape index (κ2) is 3.92. The molecule has 2 N–H and O–H groups in total. The number of rotatable bonds is 3. The first kappa shape index (κ1) is 8.80. The van der Waals surface area contributed by atoms with Crippen LogP contribution in [0, 0.1) is 0 Å². The number of carbonyl (C=O) groups excluding carboxylic acids is 1. The lowest BCUT2D eigenvalue weighted by Gasteiger charge is -2.13. The molecular formula is C8H12N2O2. The van der Waals surface area contributed by atoms with E-state index >= 15 is 0 Å². The number of aromatic nitrogens is 1. The fourth-order valence-corrected chi connectivity index (χ4v) is 1.03. The van der Waals surface area contributed by atoms with Gasteiger partial charge in [0.2, 0.25) is 0 Å². The summed E-state index contributed by atoms with van der Waals surface area (Å²) in [5.41, 5.74) is 5.42. The Kier molecular flexibility index (Phi) is 2.88. The maximum atomic E-state index is 11.1. The summed E-state index contributed by atoms with van der Waals surface area (Å²) < 4.78 is 6.32. The van der Waals surface area contributed by atoms with Crippen molar-refractivity contribution >= 4 is 5.97 Å². The molecule has 12 heavy (non-hydrogen) atoms. The second-order valence-electron chi connectivity index (χ2n) is 2.40. The predicted molar refractivity (Wildman–Crippen MR) is 44.5 cm³/mol. The number of nitrogens with zero attached hydrogens (tertiary/aromatic N) is 1. The second-order valence-corrected chi connectivity index (χ2v) is 2.40. The van der Waals surface area contributed by atoms with Crippen molar-refractivity contribution in [2.45, 2.75) is 6.04 Å². The van der Waals surface area contributed by atoms with Crippen LogP contribution < -0.4 is 5.73 Å². The van der Waals surface area contributed by atoms with E-state index in [0.717, 1.165) is 0 Å². The third-order valence-electron chi connectivity index (χ3n) is 1.68. The Morgan fingerprint density at radius 1 is 1.58 bits per heavy atom. The molecule has 0 fully saturated rings. The van der Waals surface area contributed by atoms with Crippen LogP contribution in [0.5, 0.6) is 0 Å². The number of methoxy groups -OCH3 is 1. The van der Waals surface area contributed by atoms with E-state index in [1.165, 1.54) is 7.11 Å². The molecule has 0 aliphatic rings. The lowest BCUT2D eigenvalue weighted by atomic mass is 10.3. The first-order valence-electron chi connectivity index (χ1n) is 3.70. The molecule has 1 rings (SSSR count). The number of ether oxygens (including phenoxy) is 1. The standard InChI is InChI=1S/C8H12N2O2/c1-12-8(11)7(6-9)10-4-2-3-5-10/h2-5,7H,6,9H2,1H3. The molecule has 0 bridgehead atoms. The van der Waals surface area contributed by atoms with Crippen molar-refractivity contribution in [1.82, 2.24) is 4.57 Å². The molecule has 4 heteroatoms. The lowest BCUT2D eigenvalue weighted by molar-refractivity contribution is -0.144. The number of hydrogen-bond donors (Lipinski definition) is 1. The van der Waals surface area contributed by atoms with Crippen molar-refractivity contribution in [3.05, 3.63) is 24.5 Å². The molecule has 0 spiro atoms. The van der Waals surface area contributed by atoms with Gasteiger partial charge in [-0.25, -0.2) is 4.79 Å². The Bertz CT molecular complexity index is 244. The van der Waals surface area contributed by atoms with Crippen LogP contribution in [0.1, 0.15) is 6.04 Å². The highest BCUT2D eigenvalue weighted by molar-refractivity contribution is 5.74. The smallest absolute Gasteiger partial charge is 0.330 e. The van der Waals surface area contributed by atoms with Crippen LogP contribution in [0.2, 0.25) is 0 Å². The number of nitrogens with two attached hydrogens (primary N) is 1. The van der Waals surface area contributed by atoms with E-state index < -0.39 is 6.04 Å². The summed E-state index contributed by atoms with van der Waals surface area (Å²) in [6.07, 6.45) is 3.57. The van der Waals surface area contributed by atoms with Gasteiger partial charge in [0.25, 0.3) is 0 Å². The molecule has 1 atom stereocenters. The van der Waals surface area contributed by atoms with Gasteiger partial charge in [-0.3, -0.25) is 0 Å². The van der Waals surface area contributed by atoms with Crippen LogP contribution in [-0.2, 0) is 9.53 Å². The molecule has 0 radical (unpaired) electrons. The largest absolute Gasteiger partial charge is 0.467 e. The number of esters is 1. The van der Waals surface area contributed by atoms with Gasteiger partial charge >= 0.3 is 5.97 Å². The van der Waals surface area contributed by atoms with Crippen molar-refractivity contribution in [2.24, 2.45) is 5.73 Å². The van der Waals surface area contributed by atoms with Gasteiger partial charge < -0.3 is 15.0 Å². The van der Waals surface area contributed by atoms with Gasteiger partial charge in [-0.1, -0.05) is 0 Å². The van der Waals surface area contributed by atoms with Crippen molar-refractivity contribution in [2.75, 3.05) is 13.7 Å². The highest BCUT2D eigenvalue weighted by Crippen LogP contribution is 2.06. The first-order valence-corrected chi connectivity index (χ1v) is 3.70. The van der Waals surface area contributed by atoms with E-state index in [4.69, 9.17) is 5.73 Å². The van der Waals surface area contributed by atoms with E-state index in [2.05, 4.69) is 4.74 Å². The average molecular weight is 168 g/mol. The Hall–Kier alpha value is -1.29. The average Bonchev–Trinajstić information content (AvgIpc) is 2.58. The SMILES string of the molecule is COC(=O)C(CN)n1cccc1. The number of carbonyl (C=O) groups is 1. The van der Waals surface area contributed by atoms with Crippen molar-refractivity contribution in [1.29, 1.82) is 0 Å². The minimum atomic E-state index is -0.398. The zero-order chi connectivity index (χ0) is 8.97. The maximum absolute atomic E-state index is 11.1. The van der Waals surface area contributed by atoms with E-state index in [0.29, 0.717) is 0 Å². The Morgan fingerprint density at radius 2 is 2.17 bits per heavy atom. The minimum absolute atomic E-state index is 0.251. The van der Waals surface area contributed by atoms with Crippen molar-refractivity contribution < 1.29 is 9.53 Å². The van der Waals surface area contributed by atoms with E-state index in [1.54, 1.807) is 17.0 Å². The highest BCUT2D eigenvalue weighted by Gasteiger charge is 2.17. The summed E-state index contributed by atoms with van der Waals surface area (Å²) >= 11 is 0. The molecule has 1 heterocycles. The van der Waals surface area contributed by atoms with Gasteiger partial charge in [0.1, 0.15) is 6.04 Å². The molecule has 4 nitrogen and oxygen atoms in total. The third-order valence-corrected chi connectivity index (χ3v) is 1.68. The predicted octanol–water partition coefficient (Wildman–Crippen LogP) is 0.161. The van der Waals surface area contributed by atoms with Crippen LogP contribution in [0.3, 0.4) is 0 Å². The van der Waals surface area contributed by atoms with Crippen molar-refractivity contribution in [3.8, 4) is 0 Å². The van der Waals surface area contributed by atoms with Crippen LogP contribution in [0.4, 0.5) is 0 Å². The summed E-state index contributed by atoms with van der Waals surface area (Å²) in [4.78, 5) is 11.1. The molecule has 66 valence electrons. The topological polar surface area (TPSA) is 57.2 Å². The van der Waals surface area contributed by atoms with E-state index in [-0.39, 0.29) is 12.5 Å². The van der Waals surface area contributed by atoms with E-state index in [9.17, 15) is 4.79 Å². The monoisotopic (exact) mass is 168 g/mol. The Labute approximate surface area is 70.9 Å². The van der Waals surface area contributed by atoms with Gasteiger partial charge in [0, 0.05) is 18.9 Å². The lowest BCUT2D eigenvalue weighted by Crippen LogP contribution is -2.27. The van der Waals surface area contributed by atoms with Crippen molar-refractivity contribution in [3.63, 3.8) is 0 Å². The zero-order valence-corrected chi connectivity index (χ0v) is 6.93. The van der Waals surface area contributed by atoms with Gasteiger partial charge in [-0.15, -0.1) is 0 Å². The fourth-order valence-electron chi connectivity index (χ4n) is 1.03. The molecule has 0 saturated heterocycles. The van der Waals surface area contributed by atoms with Gasteiger partial charge in [-0.05, 0) is 12.1 Å². The van der Waals surface area contributed by atoms with Gasteiger partial charge in [0.05, 0.1) is 7.11 Å². The molecular weight excluding hydrogens is 156 g/mol. The summed E-state index contributed by atoms with van der Waals surface area (Å²) in [6, 6.07) is 3.28. The quantitative estimate of drug-likeness (QED) is 0.654. The first-order chi connectivity index (χ1) is 5.79. The van der Waals surface area contributed by atoms with E-state index in [1.807, 2.05) is 12.1 Å². The maximum Gasteiger partial charge on any atom is 0.330 e. The van der Waals surface area contributed by atoms with Crippen LogP contribution in [0.15, 0.2) is 24.5 Å². The summed E-state index contributed by atoms with van der Waals surface area (Å²) in [5, 5.41) is 0. The molecule has 0 aromatic carbocycles. The molecule has 0 amide bonds. The molecule has 1 unspecified atom stereocenters. The molecule has 0 aliphatic carbocycles. The molecule has 0 saturated carbocycles. The van der Waals surface area contributed by atoms with Crippen LogP contribution >= 0.6 is 0 Å². The number of hydrogen-bond acceptors (Lipinski definition) is 3. The minimum Gasteiger partial charge on any atom is -0.467 e.